The van der Waals surface area contributed by atoms with E-state index in [4.69, 9.17) is 9.47 Å². The molecule has 7 heteroatoms. The largest absolute Gasteiger partial charge is 0.491 e. The van der Waals surface area contributed by atoms with Gasteiger partial charge < -0.3 is 19.7 Å². The van der Waals surface area contributed by atoms with Crippen LogP contribution in [-0.2, 0) is 10.3 Å². The minimum Gasteiger partial charge on any atom is -0.491 e. The lowest BCUT2D eigenvalue weighted by atomic mass is 9.98. The molecule has 2 amide bonds. The molecule has 1 aromatic heterocycles. The van der Waals surface area contributed by atoms with E-state index < -0.39 is 5.60 Å². The van der Waals surface area contributed by atoms with Crippen molar-refractivity contribution in [2.24, 2.45) is 0 Å². The highest BCUT2D eigenvalue weighted by atomic mass is 16.6. The maximum Gasteiger partial charge on any atom is 0.410 e. The topological polar surface area (TPSA) is 80.8 Å². The van der Waals surface area contributed by atoms with Gasteiger partial charge in [-0.1, -0.05) is 24.3 Å². The number of nitrogens with zero attached hydrogens (tertiary/aromatic N) is 2. The van der Waals surface area contributed by atoms with Gasteiger partial charge in [0.25, 0.3) is 5.91 Å². The van der Waals surface area contributed by atoms with Crippen molar-refractivity contribution in [3.8, 4) is 5.75 Å². The number of amides is 2. The maximum atomic E-state index is 13.5. The molecule has 37 heavy (non-hydrogen) atoms. The van der Waals surface area contributed by atoms with Gasteiger partial charge in [-0.2, -0.15) is 0 Å². The Balaban J connectivity index is 1.28. The first-order valence-electron chi connectivity index (χ1n) is 13.1. The van der Waals surface area contributed by atoms with Gasteiger partial charge in [-0.15, -0.1) is 0 Å². The maximum absolute atomic E-state index is 13.5. The van der Waals surface area contributed by atoms with Gasteiger partial charge in [-0.25, -0.2) is 4.79 Å². The minimum absolute atomic E-state index is 0.0527. The predicted molar refractivity (Wildman–Crippen MR) is 143 cm³/mol. The number of benzene rings is 2. The Hall–Kier alpha value is -3.61. The van der Waals surface area contributed by atoms with Gasteiger partial charge in [0.1, 0.15) is 18.0 Å². The Morgan fingerprint density at radius 2 is 1.95 bits per heavy atom. The van der Waals surface area contributed by atoms with E-state index in [2.05, 4.69) is 22.4 Å². The number of ether oxygens (including phenoxy) is 2. The second kappa shape index (κ2) is 9.69. The average molecular weight is 502 g/mol. The average Bonchev–Trinajstić information content (AvgIpc) is 3.47. The van der Waals surface area contributed by atoms with E-state index in [0.717, 1.165) is 47.7 Å². The highest BCUT2D eigenvalue weighted by Gasteiger charge is 2.47. The van der Waals surface area contributed by atoms with E-state index in [1.807, 2.05) is 58.0 Å². The van der Waals surface area contributed by atoms with Crippen LogP contribution >= 0.6 is 0 Å². The Kier molecular flexibility index (Phi) is 6.56. The van der Waals surface area contributed by atoms with Crippen LogP contribution in [-0.4, -0.2) is 46.7 Å². The van der Waals surface area contributed by atoms with Crippen molar-refractivity contribution in [1.29, 1.82) is 0 Å². The van der Waals surface area contributed by atoms with Crippen molar-refractivity contribution in [2.75, 3.05) is 13.2 Å². The van der Waals surface area contributed by atoms with Crippen molar-refractivity contribution in [3.63, 3.8) is 0 Å². The molecule has 2 fully saturated rings. The minimum atomic E-state index is -0.536. The molecule has 5 rings (SSSR count). The molecular formula is C30H35N3O4. The molecule has 0 bridgehead atoms. The second-order valence-electron chi connectivity index (χ2n) is 11.2. The first-order valence-corrected chi connectivity index (χ1v) is 13.1. The number of fused-ring (bicyclic) bond motifs is 1. The fraction of sp³-hybridized carbons (Fsp3) is 0.433. The standard InChI is InChI=1S/C30H35N3O4/c1-20-12-13-22(36-19-21-8-7-17-33(21)28(35)37-29(2,3)4)18-24(20)27(34)32-30(14-15-30)25-10-5-11-26-23(25)9-6-16-31-26/h5-6,9-13,16,18,21H,7-8,14-15,17,19H2,1-4H3,(H,32,34)/t21-/m0/s1. The lowest BCUT2D eigenvalue weighted by Crippen LogP contribution is -2.42. The SMILES string of the molecule is Cc1ccc(OC[C@@H]2CCCN2C(=O)OC(C)(C)C)cc1C(=O)NC1(c2cccc3ncccc23)CC1. The molecule has 0 radical (unpaired) electrons. The highest BCUT2D eigenvalue weighted by molar-refractivity contribution is 5.97. The first-order chi connectivity index (χ1) is 17.7. The van der Waals surface area contributed by atoms with Crippen LogP contribution in [0.5, 0.6) is 5.75 Å². The van der Waals surface area contributed by atoms with E-state index in [9.17, 15) is 9.59 Å². The van der Waals surface area contributed by atoms with Crippen LogP contribution in [0.15, 0.2) is 54.7 Å². The van der Waals surface area contributed by atoms with Crippen LogP contribution in [0.2, 0.25) is 0 Å². The Morgan fingerprint density at radius 1 is 1.14 bits per heavy atom. The zero-order valence-electron chi connectivity index (χ0n) is 22.0. The van der Waals surface area contributed by atoms with Crippen LogP contribution < -0.4 is 10.1 Å². The zero-order chi connectivity index (χ0) is 26.2. The molecule has 0 unspecified atom stereocenters. The van der Waals surface area contributed by atoms with Crippen molar-refractivity contribution >= 4 is 22.9 Å². The summed E-state index contributed by atoms with van der Waals surface area (Å²) in [6.45, 7) is 8.56. The van der Waals surface area contributed by atoms with E-state index in [1.54, 1.807) is 17.2 Å². The van der Waals surface area contributed by atoms with Crippen LogP contribution in [0, 0.1) is 6.92 Å². The lowest BCUT2D eigenvalue weighted by molar-refractivity contribution is 0.0187. The number of hydrogen-bond acceptors (Lipinski definition) is 5. The fourth-order valence-corrected chi connectivity index (χ4v) is 5.09. The molecule has 1 aliphatic carbocycles. The van der Waals surface area contributed by atoms with Gasteiger partial charge in [0.2, 0.25) is 0 Å². The Labute approximate surface area is 218 Å². The molecule has 194 valence electrons. The van der Waals surface area contributed by atoms with Gasteiger partial charge in [0.05, 0.1) is 17.1 Å². The summed E-state index contributed by atoms with van der Waals surface area (Å²) in [5.41, 5.74) is 2.61. The summed E-state index contributed by atoms with van der Waals surface area (Å²) in [4.78, 5) is 32.3. The summed E-state index contributed by atoms with van der Waals surface area (Å²) in [5.74, 6) is 0.503. The smallest absolute Gasteiger partial charge is 0.410 e. The molecule has 3 aromatic rings. The number of carbonyl (C=O) groups is 2. The summed E-state index contributed by atoms with van der Waals surface area (Å²) in [7, 11) is 0. The highest BCUT2D eigenvalue weighted by Crippen LogP contribution is 2.48. The van der Waals surface area contributed by atoms with E-state index in [0.29, 0.717) is 24.5 Å². The molecular weight excluding hydrogens is 466 g/mol. The number of hydrogen-bond donors (Lipinski definition) is 1. The summed E-state index contributed by atoms with van der Waals surface area (Å²) in [6, 6.07) is 15.6. The van der Waals surface area contributed by atoms with E-state index in [-0.39, 0.29) is 23.6 Å². The molecule has 1 atom stereocenters. The van der Waals surface area contributed by atoms with Gasteiger partial charge in [0, 0.05) is 23.7 Å². The summed E-state index contributed by atoms with van der Waals surface area (Å²) in [6.07, 6.45) is 5.05. The Bertz CT molecular complexity index is 1320. The molecule has 1 saturated carbocycles. The molecule has 1 saturated heterocycles. The number of aryl methyl sites for hydroxylation is 1. The van der Waals surface area contributed by atoms with Crippen molar-refractivity contribution in [1.82, 2.24) is 15.2 Å². The molecule has 2 aliphatic rings. The van der Waals surface area contributed by atoms with Gasteiger partial charge in [0.15, 0.2) is 0 Å². The molecule has 7 nitrogen and oxygen atoms in total. The van der Waals surface area contributed by atoms with Crippen molar-refractivity contribution in [2.45, 2.75) is 70.6 Å². The molecule has 1 N–H and O–H groups in total. The number of pyridine rings is 1. The van der Waals surface area contributed by atoms with Crippen molar-refractivity contribution < 1.29 is 19.1 Å². The first kappa shape index (κ1) is 25.1. The fourth-order valence-electron chi connectivity index (χ4n) is 5.09. The lowest BCUT2D eigenvalue weighted by Gasteiger charge is -2.28. The zero-order valence-corrected chi connectivity index (χ0v) is 22.0. The van der Waals surface area contributed by atoms with Crippen molar-refractivity contribution in [3.05, 3.63) is 71.4 Å². The number of aromatic nitrogens is 1. The number of likely N-dealkylation sites (tertiary alicyclic amines) is 1. The van der Waals surface area contributed by atoms with Gasteiger partial charge in [-0.05, 0) is 88.8 Å². The predicted octanol–water partition coefficient (Wildman–Crippen LogP) is 5.74. The quantitative estimate of drug-likeness (QED) is 0.466. The number of carbonyl (C=O) groups excluding carboxylic acids is 2. The van der Waals surface area contributed by atoms with E-state index >= 15 is 0 Å². The van der Waals surface area contributed by atoms with Gasteiger partial charge in [-0.3, -0.25) is 9.78 Å². The Morgan fingerprint density at radius 3 is 2.70 bits per heavy atom. The molecule has 1 aliphatic heterocycles. The van der Waals surface area contributed by atoms with Crippen LogP contribution in [0.25, 0.3) is 10.9 Å². The van der Waals surface area contributed by atoms with Crippen LogP contribution in [0.4, 0.5) is 4.79 Å². The number of rotatable bonds is 6. The summed E-state index contributed by atoms with van der Waals surface area (Å²) in [5, 5.41) is 4.38. The second-order valence-corrected chi connectivity index (χ2v) is 11.2. The molecule has 0 spiro atoms. The van der Waals surface area contributed by atoms with E-state index in [1.165, 1.54) is 0 Å². The van der Waals surface area contributed by atoms with Gasteiger partial charge >= 0.3 is 6.09 Å². The number of nitrogens with one attached hydrogen (secondary N) is 1. The molecule has 2 heterocycles. The summed E-state index contributed by atoms with van der Waals surface area (Å²) >= 11 is 0. The third-order valence-corrected chi connectivity index (χ3v) is 7.17. The molecule has 2 aromatic carbocycles. The normalized spacial score (nSPS) is 18.5. The summed E-state index contributed by atoms with van der Waals surface area (Å²) < 4.78 is 11.7. The third kappa shape index (κ3) is 5.41. The van der Waals surface area contributed by atoms with Crippen LogP contribution in [0.1, 0.15) is 67.9 Å². The third-order valence-electron chi connectivity index (χ3n) is 7.17. The monoisotopic (exact) mass is 501 g/mol. The van der Waals surface area contributed by atoms with Crippen LogP contribution in [0.3, 0.4) is 0 Å².